The molecular weight excluding hydrogens is 338 g/mol. The number of nitrogens with one attached hydrogen (secondary N) is 1. The zero-order valence-corrected chi connectivity index (χ0v) is 15.7. The fourth-order valence-corrected chi connectivity index (χ4v) is 3.23. The Labute approximate surface area is 159 Å². The van der Waals surface area contributed by atoms with E-state index < -0.39 is 0 Å². The van der Waals surface area contributed by atoms with Gasteiger partial charge >= 0.3 is 0 Å². The van der Waals surface area contributed by atoms with Crippen LogP contribution in [-0.2, 0) is 17.8 Å². The highest BCUT2D eigenvalue weighted by atomic mass is 16.5. The second kappa shape index (κ2) is 8.61. The van der Waals surface area contributed by atoms with Gasteiger partial charge in [0, 0.05) is 18.6 Å². The molecule has 2 aromatic rings. The topological polar surface area (TPSA) is 78.8 Å². The van der Waals surface area contributed by atoms with Crippen molar-refractivity contribution >= 4 is 5.57 Å². The molecule has 5 nitrogen and oxygen atoms in total. The molecule has 1 N–H and O–H groups in total. The lowest BCUT2D eigenvalue weighted by Crippen LogP contribution is -2.20. The van der Waals surface area contributed by atoms with Crippen LogP contribution in [0.4, 0.5) is 0 Å². The summed E-state index contributed by atoms with van der Waals surface area (Å²) in [4.78, 5) is 19.6. The first-order valence-electron chi connectivity index (χ1n) is 9.19. The van der Waals surface area contributed by atoms with Crippen molar-refractivity contribution in [2.75, 3.05) is 6.61 Å². The number of nitriles is 1. The second-order valence-electron chi connectivity index (χ2n) is 6.51. The molecule has 0 fully saturated rings. The first-order valence-corrected chi connectivity index (χ1v) is 9.19. The third-order valence-electron chi connectivity index (χ3n) is 4.58. The number of allylic oxidation sites excluding steroid dienone is 4. The summed E-state index contributed by atoms with van der Waals surface area (Å²) in [6, 6.07) is 10.3. The van der Waals surface area contributed by atoms with Gasteiger partial charge in [-0.15, -0.1) is 0 Å². The molecule has 27 heavy (non-hydrogen) atoms. The number of aromatic amines is 1. The highest BCUT2D eigenvalue weighted by Gasteiger charge is 2.13. The molecule has 0 spiro atoms. The predicted octanol–water partition coefficient (Wildman–Crippen LogP) is 3.83. The number of ether oxygens (including phenoxy) is 1. The Bertz CT molecular complexity index is 976. The van der Waals surface area contributed by atoms with E-state index in [-0.39, 0.29) is 5.56 Å². The van der Waals surface area contributed by atoms with Gasteiger partial charge in [-0.05, 0) is 43.4 Å². The average Bonchev–Trinajstić information content (AvgIpc) is 2.69. The smallest absolute Gasteiger partial charge is 0.254 e. The van der Waals surface area contributed by atoms with Crippen molar-refractivity contribution in [1.82, 2.24) is 9.97 Å². The van der Waals surface area contributed by atoms with Crippen molar-refractivity contribution in [3.05, 3.63) is 80.6 Å². The van der Waals surface area contributed by atoms with Crippen LogP contribution in [0.5, 0.6) is 0 Å². The van der Waals surface area contributed by atoms with Crippen LogP contribution >= 0.6 is 0 Å². The van der Waals surface area contributed by atoms with Gasteiger partial charge in [0.05, 0.1) is 23.9 Å². The lowest BCUT2D eigenvalue weighted by atomic mass is 9.91. The quantitative estimate of drug-likeness (QED) is 0.848. The fourth-order valence-electron chi connectivity index (χ4n) is 3.23. The van der Waals surface area contributed by atoms with Crippen LogP contribution in [0.2, 0.25) is 0 Å². The maximum atomic E-state index is 12.4. The zero-order valence-electron chi connectivity index (χ0n) is 15.7. The van der Waals surface area contributed by atoms with Gasteiger partial charge in [-0.2, -0.15) is 5.26 Å². The Morgan fingerprint density at radius 1 is 1.22 bits per heavy atom. The largest absolute Gasteiger partial charge is 0.375 e. The molecule has 0 radical (unpaired) electrons. The summed E-state index contributed by atoms with van der Waals surface area (Å²) in [5.41, 5.74) is 4.96. The van der Waals surface area contributed by atoms with E-state index in [1.165, 1.54) is 0 Å². The van der Waals surface area contributed by atoms with E-state index in [1.54, 1.807) is 6.92 Å². The minimum atomic E-state index is -0.119. The Balaban J connectivity index is 1.86. The van der Waals surface area contributed by atoms with Crippen molar-refractivity contribution < 1.29 is 4.74 Å². The Morgan fingerprint density at radius 3 is 2.67 bits per heavy atom. The van der Waals surface area contributed by atoms with Crippen LogP contribution in [0, 0.1) is 18.3 Å². The van der Waals surface area contributed by atoms with Gasteiger partial charge in [-0.25, -0.2) is 4.98 Å². The summed E-state index contributed by atoms with van der Waals surface area (Å²) < 4.78 is 5.47. The lowest BCUT2D eigenvalue weighted by molar-refractivity contribution is 0.130. The fraction of sp³-hybridized carbons (Fsp3) is 0.318. The van der Waals surface area contributed by atoms with Gasteiger partial charge in [0.2, 0.25) is 0 Å². The maximum Gasteiger partial charge on any atom is 0.254 e. The summed E-state index contributed by atoms with van der Waals surface area (Å²) in [7, 11) is 0. The Kier molecular flexibility index (Phi) is 6.00. The zero-order chi connectivity index (χ0) is 19.2. The van der Waals surface area contributed by atoms with E-state index in [9.17, 15) is 10.1 Å². The van der Waals surface area contributed by atoms with Gasteiger partial charge in [0.15, 0.2) is 0 Å². The Morgan fingerprint density at radius 2 is 1.96 bits per heavy atom. The number of hydrogen-bond acceptors (Lipinski definition) is 4. The summed E-state index contributed by atoms with van der Waals surface area (Å²) in [5, 5.41) is 9.31. The minimum absolute atomic E-state index is 0.119. The van der Waals surface area contributed by atoms with E-state index in [4.69, 9.17) is 4.74 Å². The molecule has 5 heteroatoms. The van der Waals surface area contributed by atoms with Crippen molar-refractivity contribution in [2.24, 2.45) is 0 Å². The third-order valence-corrected chi connectivity index (χ3v) is 4.58. The number of H-pyrrole nitrogens is 1. The first-order chi connectivity index (χ1) is 13.1. The molecular formula is C22H23N3O2. The summed E-state index contributed by atoms with van der Waals surface area (Å²) in [6.45, 7) is 4.60. The van der Waals surface area contributed by atoms with Crippen LogP contribution in [0.15, 0.2) is 46.8 Å². The molecule has 0 atom stereocenters. The summed E-state index contributed by atoms with van der Waals surface area (Å²) >= 11 is 0. The highest BCUT2D eigenvalue weighted by Crippen LogP contribution is 2.28. The van der Waals surface area contributed by atoms with Gasteiger partial charge < -0.3 is 9.72 Å². The van der Waals surface area contributed by atoms with Crippen LogP contribution < -0.4 is 5.56 Å². The van der Waals surface area contributed by atoms with Gasteiger partial charge in [-0.3, -0.25) is 4.79 Å². The highest BCUT2D eigenvalue weighted by molar-refractivity contribution is 5.83. The summed E-state index contributed by atoms with van der Waals surface area (Å²) in [5.74, 6) is 0.592. The van der Waals surface area contributed by atoms with E-state index >= 15 is 0 Å². The number of rotatable bonds is 6. The van der Waals surface area contributed by atoms with Crippen LogP contribution in [-0.4, -0.2) is 16.6 Å². The maximum absolute atomic E-state index is 12.4. The number of aryl methyl sites for hydroxylation is 1. The van der Waals surface area contributed by atoms with Crippen molar-refractivity contribution in [1.29, 1.82) is 5.26 Å². The van der Waals surface area contributed by atoms with E-state index in [0.717, 1.165) is 35.1 Å². The van der Waals surface area contributed by atoms with E-state index in [0.29, 0.717) is 36.7 Å². The monoisotopic (exact) mass is 361 g/mol. The minimum Gasteiger partial charge on any atom is -0.375 e. The Hall–Kier alpha value is -2.97. The molecule has 0 unspecified atom stereocenters. The lowest BCUT2D eigenvalue weighted by Gasteiger charge is -2.12. The molecule has 1 heterocycles. The van der Waals surface area contributed by atoms with Crippen molar-refractivity contribution in [3.8, 4) is 6.07 Å². The second-order valence-corrected chi connectivity index (χ2v) is 6.51. The van der Waals surface area contributed by atoms with Gasteiger partial charge in [0.1, 0.15) is 5.82 Å². The van der Waals surface area contributed by atoms with Crippen molar-refractivity contribution in [3.63, 3.8) is 0 Å². The normalized spacial score (nSPS) is 13.7. The molecule has 138 valence electrons. The SMILES string of the molecule is CCOCc1nc(C)[nH]c(=O)c1Cc1ccc(C2=CCCC=C2C#N)cc1. The van der Waals surface area contributed by atoms with E-state index in [2.05, 4.69) is 22.1 Å². The van der Waals surface area contributed by atoms with Crippen LogP contribution in [0.1, 0.15) is 48.0 Å². The average molecular weight is 361 g/mol. The molecule has 0 amide bonds. The van der Waals surface area contributed by atoms with Crippen molar-refractivity contribution in [2.45, 2.75) is 39.7 Å². The molecule has 1 aliphatic carbocycles. The number of nitrogens with zero attached hydrogens (tertiary/aromatic N) is 2. The molecule has 1 aromatic heterocycles. The number of hydrogen-bond donors (Lipinski definition) is 1. The summed E-state index contributed by atoms with van der Waals surface area (Å²) in [6.07, 6.45) is 6.46. The van der Waals surface area contributed by atoms with Gasteiger partial charge in [0.25, 0.3) is 5.56 Å². The predicted molar refractivity (Wildman–Crippen MR) is 105 cm³/mol. The number of aromatic nitrogens is 2. The molecule has 1 aliphatic rings. The molecule has 3 rings (SSSR count). The standard InChI is InChI=1S/C22H23N3O2/c1-3-27-14-21-20(22(26)25-15(2)24-21)12-16-8-10-17(11-9-16)19-7-5-4-6-18(19)13-23/h6-11H,3-5,12,14H2,1-2H3,(H,24,25,26). The van der Waals surface area contributed by atoms with E-state index in [1.807, 2.05) is 37.3 Å². The van der Waals surface area contributed by atoms with Crippen LogP contribution in [0.3, 0.4) is 0 Å². The molecule has 1 aromatic carbocycles. The molecule has 0 saturated carbocycles. The molecule has 0 aliphatic heterocycles. The first kappa shape index (κ1) is 18.8. The molecule has 0 bridgehead atoms. The number of benzene rings is 1. The molecule has 0 saturated heterocycles. The third kappa shape index (κ3) is 4.42. The van der Waals surface area contributed by atoms with Crippen LogP contribution in [0.25, 0.3) is 5.57 Å². The van der Waals surface area contributed by atoms with Gasteiger partial charge in [-0.1, -0.05) is 36.4 Å².